The highest BCUT2D eigenvalue weighted by Crippen LogP contribution is 2.54. The van der Waals surface area contributed by atoms with Gasteiger partial charge in [0.2, 0.25) is 0 Å². The van der Waals surface area contributed by atoms with Gasteiger partial charge >= 0.3 is 0 Å². The number of nitrogens with zero attached hydrogens (tertiary/aromatic N) is 2. The highest BCUT2D eigenvalue weighted by atomic mass is 28.3. The van der Waals surface area contributed by atoms with Gasteiger partial charge in [-0.05, 0) is 120 Å². The van der Waals surface area contributed by atoms with Crippen LogP contribution in [0, 0.1) is 0 Å². The number of benzene rings is 10. The van der Waals surface area contributed by atoms with Gasteiger partial charge in [0, 0.05) is 33.2 Å². The fourth-order valence-corrected chi connectivity index (χ4v) is 17.0. The van der Waals surface area contributed by atoms with Crippen LogP contribution >= 0.6 is 0 Å². The zero-order valence-electron chi connectivity index (χ0n) is 37.0. The molecule has 0 radical (unpaired) electrons. The van der Waals surface area contributed by atoms with E-state index in [0.29, 0.717) is 0 Å². The van der Waals surface area contributed by atoms with E-state index < -0.39 is 8.07 Å². The Morgan fingerprint density at radius 3 is 1.73 bits per heavy atom. The molecule has 13 rings (SSSR count). The molecule has 3 heteroatoms. The lowest BCUT2D eigenvalue weighted by molar-refractivity contribution is 0.661. The lowest BCUT2D eigenvalue weighted by Gasteiger charge is -2.32. The van der Waals surface area contributed by atoms with E-state index in [2.05, 4.69) is 266 Å². The Kier molecular flexibility index (Phi) is 8.62. The SMILES string of the molecule is CC1(C)c2ccccc2-c2cccc(N(c3ccc(-c4cccc([Si]5(c6ccccc6)c6ccccc6-c6ccccc65)c4)cc3)c3ccc4c(c3)c3ccccc3n4-c3ccccc3)c21. The molecule has 10 aromatic carbocycles. The molecule has 0 amide bonds. The molecule has 0 bridgehead atoms. The molecule has 11 aromatic rings. The third kappa shape index (κ3) is 5.54. The van der Waals surface area contributed by atoms with Crippen molar-refractivity contribution in [3.05, 3.63) is 254 Å². The summed E-state index contributed by atoms with van der Waals surface area (Å²) in [6.45, 7) is 4.78. The van der Waals surface area contributed by atoms with Gasteiger partial charge in [0.15, 0.2) is 8.07 Å². The third-order valence-corrected chi connectivity index (χ3v) is 19.5. The van der Waals surface area contributed by atoms with Crippen molar-refractivity contribution in [3.8, 4) is 39.1 Å². The van der Waals surface area contributed by atoms with Crippen LogP contribution in [0.15, 0.2) is 243 Å². The standard InChI is InChI=1S/C63H46N2Si/c1-63(2)56-30-13-9-25-50(56)54-29-18-32-59(62(54)63)64(47-39-40-58-55(42-47)51-26-10-14-31-57(51)65(58)45-20-5-3-6-21-45)46-37-35-43(36-38-46)44-19-17-24-49(41-44)66(48-22-7-4-8-23-48)60-33-15-11-27-52(60)53-28-12-16-34-61(53)66/h3-42H,1-2H3. The first kappa shape index (κ1) is 38.5. The number of anilines is 3. The Morgan fingerprint density at radius 2 is 0.970 bits per heavy atom. The molecule has 1 aromatic heterocycles. The maximum absolute atomic E-state index is 2.63. The zero-order chi connectivity index (χ0) is 44.0. The van der Waals surface area contributed by atoms with Crippen LogP contribution in [0.25, 0.3) is 60.9 Å². The van der Waals surface area contributed by atoms with Gasteiger partial charge in [0.25, 0.3) is 0 Å². The minimum atomic E-state index is -2.63. The number of rotatable bonds is 7. The molecule has 0 saturated heterocycles. The molecule has 2 aliphatic rings. The highest BCUT2D eigenvalue weighted by Gasteiger charge is 2.48. The number of hydrogen-bond acceptors (Lipinski definition) is 1. The van der Waals surface area contributed by atoms with Crippen molar-refractivity contribution < 1.29 is 0 Å². The van der Waals surface area contributed by atoms with Crippen LogP contribution in [0.1, 0.15) is 25.0 Å². The van der Waals surface area contributed by atoms with Crippen molar-refractivity contribution in [2.75, 3.05) is 4.90 Å². The van der Waals surface area contributed by atoms with E-state index in [1.165, 1.54) is 92.7 Å². The Hall–Kier alpha value is -7.98. The van der Waals surface area contributed by atoms with Crippen LogP contribution in [0.5, 0.6) is 0 Å². The molecule has 0 N–H and O–H groups in total. The second kappa shape index (κ2) is 14.8. The molecule has 1 aliphatic carbocycles. The van der Waals surface area contributed by atoms with Crippen LogP contribution < -0.4 is 25.6 Å². The molecule has 66 heavy (non-hydrogen) atoms. The van der Waals surface area contributed by atoms with Crippen LogP contribution in [0.2, 0.25) is 0 Å². The summed E-state index contributed by atoms with van der Waals surface area (Å²) in [5.41, 5.74) is 17.3. The monoisotopic (exact) mass is 858 g/mol. The number of fused-ring (bicyclic) bond motifs is 9. The minimum Gasteiger partial charge on any atom is -0.310 e. The first-order valence-electron chi connectivity index (χ1n) is 23.1. The van der Waals surface area contributed by atoms with Gasteiger partial charge in [0.05, 0.1) is 16.7 Å². The van der Waals surface area contributed by atoms with Crippen molar-refractivity contribution in [3.63, 3.8) is 0 Å². The summed E-state index contributed by atoms with van der Waals surface area (Å²) in [5.74, 6) is 0. The van der Waals surface area contributed by atoms with Crippen molar-refractivity contribution in [2.45, 2.75) is 19.3 Å². The highest BCUT2D eigenvalue weighted by molar-refractivity contribution is 7.22. The summed E-state index contributed by atoms with van der Waals surface area (Å²) in [6, 6.07) is 90.7. The van der Waals surface area contributed by atoms with Crippen molar-refractivity contribution in [1.82, 2.24) is 4.57 Å². The average Bonchev–Trinajstić information content (AvgIpc) is 3.96. The van der Waals surface area contributed by atoms with Crippen LogP contribution in [0.4, 0.5) is 17.1 Å². The predicted molar refractivity (Wildman–Crippen MR) is 281 cm³/mol. The fourth-order valence-electron chi connectivity index (χ4n) is 11.8. The molecular formula is C63H46N2Si. The molecule has 312 valence electrons. The largest absolute Gasteiger partial charge is 0.310 e. The lowest BCUT2D eigenvalue weighted by Crippen LogP contribution is -2.72. The lowest BCUT2D eigenvalue weighted by atomic mass is 9.81. The summed E-state index contributed by atoms with van der Waals surface area (Å²) < 4.78 is 2.40. The van der Waals surface area contributed by atoms with Crippen LogP contribution in [-0.4, -0.2) is 12.6 Å². The average molecular weight is 859 g/mol. The molecule has 2 heterocycles. The van der Waals surface area contributed by atoms with E-state index in [1.54, 1.807) is 0 Å². The molecule has 1 aliphatic heterocycles. The minimum absolute atomic E-state index is 0.204. The third-order valence-electron chi connectivity index (χ3n) is 14.6. The summed E-state index contributed by atoms with van der Waals surface area (Å²) >= 11 is 0. The fraction of sp³-hybridized carbons (Fsp3) is 0.0476. The Morgan fingerprint density at radius 1 is 0.394 bits per heavy atom. The van der Waals surface area contributed by atoms with E-state index in [4.69, 9.17) is 0 Å². The van der Waals surface area contributed by atoms with Gasteiger partial charge < -0.3 is 9.47 Å². The molecular weight excluding hydrogens is 813 g/mol. The van der Waals surface area contributed by atoms with Crippen molar-refractivity contribution >= 4 is 67.7 Å². The first-order valence-corrected chi connectivity index (χ1v) is 25.1. The zero-order valence-corrected chi connectivity index (χ0v) is 38.0. The first-order chi connectivity index (χ1) is 32.5. The summed E-state index contributed by atoms with van der Waals surface area (Å²) in [5, 5.41) is 8.21. The summed E-state index contributed by atoms with van der Waals surface area (Å²) in [7, 11) is -2.63. The Bertz CT molecular complexity index is 3630. The predicted octanol–water partition coefficient (Wildman–Crippen LogP) is 13.6. The second-order valence-electron chi connectivity index (χ2n) is 18.4. The molecule has 0 unspecified atom stereocenters. The topological polar surface area (TPSA) is 8.17 Å². The van der Waals surface area contributed by atoms with E-state index in [0.717, 1.165) is 17.1 Å². The summed E-state index contributed by atoms with van der Waals surface area (Å²) in [6.07, 6.45) is 0. The maximum Gasteiger partial charge on any atom is 0.180 e. The number of aromatic nitrogens is 1. The Labute approximate surface area is 387 Å². The Balaban J connectivity index is 0.984. The quantitative estimate of drug-likeness (QED) is 0.145. The van der Waals surface area contributed by atoms with Gasteiger partial charge in [-0.2, -0.15) is 0 Å². The van der Waals surface area contributed by atoms with Gasteiger partial charge in [-0.1, -0.05) is 202 Å². The maximum atomic E-state index is 2.50. The summed E-state index contributed by atoms with van der Waals surface area (Å²) in [4.78, 5) is 2.50. The van der Waals surface area contributed by atoms with Gasteiger partial charge in [0.1, 0.15) is 0 Å². The molecule has 0 saturated carbocycles. The van der Waals surface area contributed by atoms with E-state index >= 15 is 0 Å². The van der Waals surface area contributed by atoms with Gasteiger partial charge in [-0.3, -0.25) is 0 Å². The van der Waals surface area contributed by atoms with Crippen LogP contribution in [-0.2, 0) is 5.41 Å². The number of hydrogen-bond donors (Lipinski definition) is 0. The molecule has 0 spiro atoms. The molecule has 2 nitrogen and oxygen atoms in total. The van der Waals surface area contributed by atoms with Crippen LogP contribution in [0.3, 0.4) is 0 Å². The van der Waals surface area contributed by atoms with E-state index in [9.17, 15) is 0 Å². The van der Waals surface area contributed by atoms with Gasteiger partial charge in [-0.15, -0.1) is 0 Å². The van der Waals surface area contributed by atoms with Gasteiger partial charge in [-0.25, -0.2) is 0 Å². The van der Waals surface area contributed by atoms with Crippen molar-refractivity contribution in [2.24, 2.45) is 0 Å². The van der Waals surface area contributed by atoms with Crippen molar-refractivity contribution in [1.29, 1.82) is 0 Å². The normalized spacial score (nSPS) is 13.8. The number of para-hydroxylation sites is 2. The molecule has 0 atom stereocenters. The van der Waals surface area contributed by atoms with E-state index in [1.807, 2.05) is 0 Å². The second-order valence-corrected chi connectivity index (χ2v) is 22.2. The van der Waals surface area contributed by atoms with E-state index in [-0.39, 0.29) is 5.41 Å². The molecule has 0 fully saturated rings. The smallest absolute Gasteiger partial charge is 0.180 e.